The maximum absolute atomic E-state index is 10.8. The first-order valence-electron chi connectivity index (χ1n) is 3.15. The zero-order valence-electron chi connectivity index (χ0n) is 6.35. The smallest absolute Gasteiger partial charge is 0.237 e. The summed E-state index contributed by atoms with van der Waals surface area (Å²) in [7, 11) is -3.56. The third-order valence-electron chi connectivity index (χ3n) is 1.01. The molecule has 0 fully saturated rings. The van der Waals surface area contributed by atoms with E-state index in [2.05, 4.69) is 4.98 Å². The second kappa shape index (κ2) is 3.73. The number of aromatic nitrogens is 1. The molecule has 1 aromatic heterocycles. The van der Waals surface area contributed by atoms with Gasteiger partial charge in [-0.05, 0) is 5.75 Å². The molecule has 0 bridgehead atoms. The standard InChI is InChI=1S/C5H8N2O2S3/c1-2-10-5-7-3-4(11-5)12(6,8)9/h3H,2H2,1H3,(H2,6,8,9). The molecule has 0 saturated heterocycles. The average Bonchev–Trinajstić information content (AvgIpc) is 2.35. The van der Waals surface area contributed by atoms with Gasteiger partial charge in [0.1, 0.15) is 0 Å². The van der Waals surface area contributed by atoms with Gasteiger partial charge in [0.2, 0.25) is 10.0 Å². The Balaban J connectivity index is 2.92. The second-order valence-corrected chi connectivity index (χ2v) is 6.25. The number of nitrogens with two attached hydrogens (primary N) is 1. The summed E-state index contributed by atoms with van der Waals surface area (Å²) in [5.74, 6) is 0.873. The molecular weight excluding hydrogens is 216 g/mol. The van der Waals surface area contributed by atoms with Crippen LogP contribution in [0, 0.1) is 0 Å². The molecule has 4 nitrogen and oxygen atoms in total. The molecule has 0 aliphatic rings. The van der Waals surface area contributed by atoms with Gasteiger partial charge in [0.05, 0.1) is 6.20 Å². The van der Waals surface area contributed by atoms with Crippen LogP contribution in [0.15, 0.2) is 14.7 Å². The molecule has 0 aliphatic heterocycles. The van der Waals surface area contributed by atoms with Gasteiger partial charge in [-0.2, -0.15) is 0 Å². The summed E-state index contributed by atoms with van der Waals surface area (Å²) in [6.45, 7) is 1.97. The Morgan fingerprint density at radius 1 is 1.75 bits per heavy atom. The summed E-state index contributed by atoms with van der Waals surface area (Å²) in [6, 6.07) is 0. The van der Waals surface area contributed by atoms with Crippen LogP contribution in [0.2, 0.25) is 0 Å². The fourth-order valence-electron chi connectivity index (χ4n) is 0.566. The molecule has 0 saturated carbocycles. The van der Waals surface area contributed by atoms with Gasteiger partial charge in [0, 0.05) is 0 Å². The van der Waals surface area contributed by atoms with Gasteiger partial charge < -0.3 is 0 Å². The van der Waals surface area contributed by atoms with Crippen LogP contribution in [0.25, 0.3) is 0 Å². The van der Waals surface area contributed by atoms with E-state index in [-0.39, 0.29) is 4.21 Å². The summed E-state index contributed by atoms with van der Waals surface area (Å²) in [4.78, 5) is 3.89. The van der Waals surface area contributed by atoms with Crippen molar-refractivity contribution in [1.82, 2.24) is 4.98 Å². The largest absolute Gasteiger partial charge is 0.249 e. The average molecular weight is 224 g/mol. The highest BCUT2D eigenvalue weighted by atomic mass is 32.3. The van der Waals surface area contributed by atoms with Crippen molar-refractivity contribution in [2.24, 2.45) is 5.14 Å². The zero-order valence-corrected chi connectivity index (χ0v) is 8.80. The van der Waals surface area contributed by atoms with E-state index >= 15 is 0 Å². The lowest BCUT2D eigenvalue weighted by Crippen LogP contribution is -2.09. The molecule has 2 N–H and O–H groups in total. The number of primary sulfonamides is 1. The first kappa shape index (κ1) is 9.97. The summed E-state index contributed by atoms with van der Waals surface area (Å²) >= 11 is 2.60. The lowest BCUT2D eigenvalue weighted by atomic mass is 11.0. The SMILES string of the molecule is CCSc1ncc(S(N)(=O)=O)s1. The lowest BCUT2D eigenvalue weighted by molar-refractivity contribution is 0.599. The van der Waals surface area contributed by atoms with Crippen LogP contribution in [0.3, 0.4) is 0 Å². The maximum atomic E-state index is 10.8. The highest BCUT2D eigenvalue weighted by molar-refractivity contribution is 8.01. The van der Waals surface area contributed by atoms with Crippen LogP contribution in [0.5, 0.6) is 0 Å². The summed E-state index contributed by atoms with van der Waals surface area (Å²) in [5.41, 5.74) is 0. The predicted molar refractivity (Wildman–Crippen MR) is 49.9 cm³/mol. The van der Waals surface area contributed by atoms with E-state index < -0.39 is 10.0 Å². The molecule has 0 amide bonds. The quantitative estimate of drug-likeness (QED) is 0.774. The van der Waals surface area contributed by atoms with Crippen LogP contribution < -0.4 is 5.14 Å². The molecule has 0 aromatic carbocycles. The zero-order chi connectivity index (χ0) is 9.19. The molecule has 0 radical (unpaired) electrons. The van der Waals surface area contributed by atoms with E-state index in [1.165, 1.54) is 18.0 Å². The van der Waals surface area contributed by atoms with Crippen molar-refractivity contribution in [3.8, 4) is 0 Å². The van der Waals surface area contributed by atoms with Crippen molar-refractivity contribution in [2.45, 2.75) is 15.5 Å². The van der Waals surface area contributed by atoms with E-state index in [0.29, 0.717) is 0 Å². The Hall–Kier alpha value is -0.110. The lowest BCUT2D eigenvalue weighted by Gasteiger charge is -1.88. The molecule has 0 aliphatic carbocycles. The van der Waals surface area contributed by atoms with Gasteiger partial charge in [-0.3, -0.25) is 0 Å². The highest BCUT2D eigenvalue weighted by Gasteiger charge is 2.11. The molecule has 1 aromatic rings. The number of nitrogens with zero attached hydrogens (tertiary/aromatic N) is 1. The molecule has 1 rings (SSSR count). The minimum absolute atomic E-state index is 0.124. The Bertz CT molecular complexity index is 357. The molecule has 68 valence electrons. The number of thiazole rings is 1. The number of sulfonamides is 1. The van der Waals surface area contributed by atoms with Gasteiger partial charge in [0.25, 0.3) is 0 Å². The maximum Gasteiger partial charge on any atom is 0.249 e. The third-order valence-corrected chi connectivity index (χ3v) is 4.46. The number of rotatable bonds is 3. The highest BCUT2D eigenvalue weighted by Crippen LogP contribution is 2.25. The van der Waals surface area contributed by atoms with Crippen molar-refractivity contribution in [1.29, 1.82) is 0 Å². The first-order valence-corrected chi connectivity index (χ1v) is 6.50. The normalized spacial score (nSPS) is 11.8. The van der Waals surface area contributed by atoms with Crippen molar-refractivity contribution >= 4 is 33.1 Å². The number of thioether (sulfide) groups is 1. The van der Waals surface area contributed by atoms with Crippen molar-refractivity contribution in [2.75, 3.05) is 5.75 Å². The minimum Gasteiger partial charge on any atom is -0.237 e. The molecule has 0 unspecified atom stereocenters. The van der Waals surface area contributed by atoms with Gasteiger partial charge in [0.15, 0.2) is 8.55 Å². The molecule has 12 heavy (non-hydrogen) atoms. The molecule has 1 heterocycles. The van der Waals surface area contributed by atoms with Crippen molar-refractivity contribution in [3.05, 3.63) is 6.20 Å². The van der Waals surface area contributed by atoms with Crippen LogP contribution >= 0.6 is 23.1 Å². The third kappa shape index (κ3) is 2.44. The van der Waals surface area contributed by atoms with E-state index in [9.17, 15) is 8.42 Å². The van der Waals surface area contributed by atoms with Gasteiger partial charge >= 0.3 is 0 Å². The summed E-state index contributed by atoms with van der Waals surface area (Å²) in [6.07, 6.45) is 1.29. The Labute approximate surface area is 79.2 Å². The van der Waals surface area contributed by atoms with Gasteiger partial charge in [-0.15, -0.1) is 0 Å². The van der Waals surface area contributed by atoms with Gasteiger partial charge in [-0.25, -0.2) is 18.5 Å². The van der Waals surface area contributed by atoms with Crippen molar-refractivity contribution < 1.29 is 8.42 Å². The Morgan fingerprint density at radius 2 is 2.42 bits per heavy atom. The first-order chi connectivity index (χ1) is 5.54. The monoisotopic (exact) mass is 224 g/mol. The fourth-order valence-corrected chi connectivity index (χ4v) is 3.24. The molecule has 7 heteroatoms. The number of hydrogen-bond acceptors (Lipinski definition) is 5. The van der Waals surface area contributed by atoms with Crippen LogP contribution in [-0.2, 0) is 10.0 Å². The van der Waals surface area contributed by atoms with Crippen LogP contribution in [0.4, 0.5) is 0 Å². The van der Waals surface area contributed by atoms with Crippen LogP contribution in [-0.4, -0.2) is 19.2 Å². The minimum atomic E-state index is -3.56. The van der Waals surface area contributed by atoms with Crippen LogP contribution in [0.1, 0.15) is 6.92 Å². The number of hydrogen-bond donors (Lipinski definition) is 1. The summed E-state index contributed by atoms with van der Waals surface area (Å²) in [5, 5.41) is 4.90. The predicted octanol–water partition coefficient (Wildman–Crippen LogP) is 0.903. The van der Waals surface area contributed by atoms with E-state index in [4.69, 9.17) is 5.14 Å². The molecule has 0 atom stereocenters. The Morgan fingerprint density at radius 3 is 2.83 bits per heavy atom. The van der Waals surface area contributed by atoms with E-state index in [0.717, 1.165) is 21.4 Å². The molecule has 0 spiro atoms. The topological polar surface area (TPSA) is 73.0 Å². The molecular formula is C5H8N2O2S3. The van der Waals surface area contributed by atoms with E-state index in [1.807, 2.05) is 6.92 Å². The Kier molecular flexibility index (Phi) is 3.10. The summed E-state index contributed by atoms with van der Waals surface area (Å²) < 4.78 is 22.4. The van der Waals surface area contributed by atoms with E-state index in [1.54, 1.807) is 0 Å². The van der Waals surface area contributed by atoms with Gasteiger partial charge in [-0.1, -0.05) is 30.0 Å². The van der Waals surface area contributed by atoms with Crippen molar-refractivity contribution in [3.63, 3.8) is 0 Å². The fraction of sp³-hybridized carbons (Fsp3) is 0.400. The second-order valence-electron chi connectivity index (χ2n) is 1.92.